The number of aromatic amines is 1. The lowest BCUT2D eigenvalue weighted by atomic mass is 10.2. The minimum absolute atomic E-state index is 0.0257. The van der Waals surface area contributed by atoms with Crippen molar-refractivity contribution >= 4 is 16.9 Å². The number of hydrogen-bond donors (Lipinski definition) is 2. The van der Waals surface area contributed by atoms with Gasteiger partial charge in [-0.2, -0.15) is 0 Å². The summed E-state index contributed by atoms with van der Waals surface area (Å²) in [6, 6.07) is 3.95. The molecule has 0 aliphatic heterocycles. The van der Waals surface area contributed by atoms with E-state index in [1.54, 1.807) is 6.20 Å². The molecule has 2 aromatic rings. The summed E-state index contributed by atoms with van der Waals surface area (Å²) in [5.41, 5.74) is 1.76. The molecular formula is C13H13N3O. The van der Waals surface area contributed by atoms with Gasteiger partial charge in [-0.15, -0.1) is 0 Å². The molecule has 0 unspecified atom stereocenters. The summed E-state index contributed by atoms with van der Waals surface area (Å²) in [6.07, 6.45) is 4.24. The average Bonchev–Trinajstić information content (AvgIpc) is 2.75. The molecule has 4 heteroatoms. The van der Waals surface area contributed by atoms with Crippen LogP contribution in [-0.4, -0.2) is 22.4 Å². The molecule has 17 heavy (non-hydrogen) atoms. The van der Waals surface area contributed by atoms with Crippen molar-refractivity contribution in [3.63, 3.8) is 0 Å². The lowest BCUT2D eigenvalue weighted by Gasteiger charge is -1.95. The van der Waals surface area contributed by atoms with Gasteiger partial charge in [0.1, 0.15) is 5.65 Å². The second-order valence-corrected chi connectivity index (χ2v) is 3.67. The van der Waals surface area contributed by atoms with Crippen molar-refractivity contribution in [2.45, 2.75) is 13.3 Å². The number of carbonyl (C=O) groups is 1. The highest BCUT2D eigenvalue weighted by Crippen LogP contribution is 2.10. The van der Waals surface area contributed by atoms with Gasteiger partial charge in [-0.3, -0.25) is 4.79 Å². The second-order valence-electron chi connectivity index (χ2n) is 3.67. The summed E-state index contributed by atoms with van der Waals surface area (Å²) >= 11 is 0. The van der Waals surface area contributed by atoms with Crippen molar-refractivity contribution in [2.24, 2.45) is 0 Å². The summed E-state index contributed by atoms with van der Waals surface area (Å²) < 4.78 is 0. The van der Waals surface area contributed by atoms with Crippen molar-refractivity contribution in [3.05, 3.63) is 30.1 Å². The molecular weight excluding hydrogens is 214 g/mol. The van der Waals surface area contributed by atoms with Crippen LogP contribution in [0.1, 0.15) is 18.9 Å². The summed E-state index contributed by atoms with van der Waals surface area (Å²) in [6.45, 7) is 2.08. The van der Waals surface area contributed by atoms with E-state index in [4.69, 9.17) is 0 Å². The zero-order valence-electron chi connectivity index (χ0n) is 9.58. The van der Waals surface area contributed by atoms with Gasteiger partial charge in [0.15, 0.2) is 0 Å². The van der Waals surface area contributed by atoms with Gasteiger partial charge < -0.3 is 10.3 Å². The Kier molecular flexibility index (Phi) is 3.41. The van der Waals surface area contributed by atoms with E-state index in [1.807, 2.05) is 18.3 Å². The van der Waals surface area contributed by atoms with Gasteiger partial charge in [-0.1, -0.05) is 11.8 Å². The van der Waals surface area contributed by atoms with Crippen molar-refractivity contribution in [3.8, 4) is 11.8 Å². The van der Waals surface area contributed by atoms with Crippen molar-refractivity contribution in [1.29, 1.82) is 0 Å². The molecule has 4 nitrogen and oxygen atoms in total. The van der Waals surface area contributed by atoms with Gasteiger partial charge in [0.05, 0.1) is 0 Å². The topological polar surface area (TPSA) is 57.8 Å². The maximum Gasteiger partial charge on any atom is 0.216 e. The average molecular weight is 227 g/mol. The van der Waals surface area contributed by atoms with Crippen LogP contribution in [0.25, 0.3) is 11.0 Å². The third-order valence-electron chi connectivity index (χ3n) is 2.26. The molecule has 86 valence electrons. The molecule has 0 aliphatic rings. The normalized spacial score (nSPS) is 9.71. The number of nitrogens with one attached hydrogen (secondary N) is 2. The largest absolute Gasteiger partial charge is 0.355 e. The fraction of sp³-hybridized carbons (Fsp3) is 0.231. The molecule has 2 rings (SSSR count). The fourth-order valence-electron chi connectivity index (χ4n) is 1.47. The van der Waals surface area contributed by atoms with E-state index in [9.17, 15) is 4.79 Å². The third-order valence-corrected chi connectivity index (χ3v) is 2.26. The van der Waals surface area contributed by atoms with Crippen LogP contribution in [0.15, 0.2) is 24.5 Å². The monoisotopic (exact) mass is 227 g/mol. The molecule has 0 spiro atoms. The van der Waals surface area contributed by atoms with Crippen LogP contribution in [0.2, 0.25) is 0 Å². The number of nitrogens with zero attached hydrogens (tertiary/aromatic N) is 1. The highest BCUT2D eigenvalue weighted by atomic mass is 16.1. The Labute approximate surface area is 99.4 Å². The number of H-pyrrole nitrogens is 1. The van der Waals surface area contributed by atoms with E-state index in [-0.39, 0.29) is 5.91 Å². The Bertz CT molecular complexity index is 589. The van der Waals surface area contributed by atoms with Crippen LogP contribution in [-0.2, 0) is 4.79 Å². The molecule has 0 aromatic carbocycles. The molecule has 0 aliphatic carbocycles. The first-order valence-corrected chi connectivity index (χ1v) is 5.42. The van der Waals surface area contributed by atoms with Gasteiger partial charge in [0.2, 0.25) is 5.91 Å². The number of hydrogen-bond acceptors (Lipinski definition) is 2. The van der Waals surface area contributed by atoms with E-state index in [1.165, 1.54) is 6.92 Å². The van der Waals surface area contributed by atoms with Gasteiger partial charge in [-0.05, 0) is 12.1 Å². The van der Waals surface area contributed by atoms with E-state index in [0.29, 0.717) is 13.0 Å². The Hall–Kier alpha value is -2.28. The minimum Gasteiger partial charge on any atom is -0.355 e. The molecule has 0 fully saturated rings. The van der Waals surface area contributed by atoms with Gasteiger partial charge in [0.25, 0.3) is 0 Å². The summed E-state index contributed by atoms with van der Waals surface area (Å²) in [5, 5.41) is 3.75. The zero-order valence-corrected chi connectivity index (χ0v) is 9.58. The van der Waals surface area contributed by atoms with E-state index in [0.717, 1.165) is 16.6 Å². The fourth-order valence-corrected chi connectivity index (χ4v) is 1.47. The summed E-state index contributed by atoms with van der Waals surface area (Å²) in [7, 11) is 0. The van der Waals surface area contributed by atoms with Crippen LogP contribution < -0.4 is 5.32 Å². The van der Waals surface area contributed by atoms with Gasteiger partial charge in [0, 0.05) is 43.2 Å². The number of carbonyl (C=O) groups excluding carboxylic acids is 1. The molecule has 2 N–H and O–H groups in total. The molecule has 0 saturated heterocycles. The zero-order chi connectivity index (χ0) is 12.1. The second kappa shape index (κ2) is 5.17. The Morgan fingerprint density at radius 3 is 3.29 bits per heavy atom. The van der Waals surface area contributed by atoms with Gasteiger partial charge in [-0.25, -0.2) is 4.98 Å². The Balaban J connectivity index is 1.98. The third kappa shape index (κ3) is 3.08. The van der Waals surface area contributed by atoms with Crippen LogP contribution >= 0.6 is 0 Å². The summed E-state index contributed by atoms with van der Waals surface area (Å²) in [5.74, 6) is 6.00. The number of pyridine rings is 1. The van der Waals surface area contributed by atoms with Gasteiger partial charge >= 0.3 is 0 Å². The van der Waals surface area contributed by atoms with Crippen molar-refractivity contribution in [1.82, 2.24) is 15.3 Å². The molecule has 2 heterocycles. The maximum absolute atomic E-state index is 10.6. The number of rotatable bonds is 2. The van der Waals surface area contributed by atoms with E-state index >= 15 is 0 Å². The van der Waals surface area contributed by atoms with E-state index < -0.39 is 0 Å². The predicted molar refractivity (Wildman–Crippen MR) is 66.3 cm³/mol. The highest BCUT2D eigenvalue weighted by molar-refractivity contribution is 5.76. The molecule has 1 amide bonds. The van der Waals surface area contributed by atoms with Crippen molar-refractivity contribution in [2.75, 3.05) is 6.54 Å². The number of amides is 1. The smallest absolute Gasteiger partial charge is 0.216 e. The van der Waals surface area contributed by atoms with Crippen LogP contribution in [0.3, 0.4) is 0 Å². The molecule has 0 bridgehead atoms. The molecule has 0 radical (unpaired) electrons. The lowest BCUT2D eigenvalue weighted by molar-refractivity contribution is -0.118. The SMILES string of the molecule is CC(=O)NCCC#Cc1cnc2[nH]ccc2c1. The van der Waals surface area contributed by atoms with E-state index in [2.05, 4.69) is 27.1 Å². The first kappa shape index (κ1) is 11.2. The molecule has 0 saturated carbocycles. The quantitative estimate of drug-likeness (QED) is 0.602. The predicted octanol–water partition coefficient (Wildman–Crippen LogP) is 1.44. The number of aromatic nitrogens is 2. The molecule has 2 aromatic heterocycles. The maximum atomic E-state index is 10.6. The number of fused-ring (bicyclic) bond motifs is 1. The Morgan fingerprint density at radius 1 is 1.59 bits per heavy atom. The first-order valence-electron chi connectivity index (χ1n) is 5.42. The lowest BCUT2D eigenvalue weighted by Crippen LogP contribution is -2.20. The molecule has 0 atom stereocenters. The van der Waals surface area contributed by atoms with Crippen LogP contribution in [0.5, 0.6) is 0 Å². The van der Waals surface area contributed by atoms with Crippen LogP contribution in [0, 0.1) is 11.8 Å². The Morgan fingerprint density at radius 2 is 2.47 bits per heavy atom. The standard InChI is InChI=1S/C13H13N3O/c1-10(17)14-6-3-2-4-11-8-12-5-7-15-13(12)16-9-11/h5,7-9H,3,6H2,1H3,(H,14,17)(H,15,16). The van der Waals surface area contributed by atoms with Crippen LogP contribution in [0.4, 0.5) is 0 Å². The van der Waals surface area contributed by atoms with Crippen molar-refractivity contribution < 1.29 is 4.79 Å². The summed E-state index contributed by atoms with van der Waals surface area (Å²) in [4.78, 5) is 17.9. The highest BCUT2D eigenvalue weighted by Gasteiger charge is 1.95. The minimum atomic E-state index is -0.0257. The first-order chi connectivity index (χ1) is 8.25.